The molecule has 2 N–H and O–H groups in total. The van der Waals surface area contributed by atoms with Crippen LogP contribution in [0.4, 0.5) is 0 Å². The number of carbonyl (C=O) groups excluding carboxylic acids is 1. The summed E-state index contributed by atoms with van der Waals surface area (Å²) in [5, 5.41) is 12.5. The molecule has 0 saturated carbocycles. The summed E-state index contributed by atoms with van der Waals surface area (Å²) in [5.74, 6) is -0.105. The average Bonchev–Trinajstić information content (AvgIpc) is 2.24. The molecule has 0 spiro atoms. The molecular formula is C11H23NO4. The quantitative estimate of drug-likeness (QED) is 0.563. The summed E-state index contributed by atoms with van der Waals surface area (Å²) >= 11 is 0. The Bertz CT molecular complexity index is 194. The summed E-state index contributed by atoms with van der Waals surface area (Å²) in [7, 11) is 1.58. The molecule has 0 aromatic rings. The van der Waals surface area contributed by atoms with Gasteiger partial charge in [0.2, 0.25) is 5.91 Å². The number of rotatable bonds is 9. The van der Waals surface area contributed by atoms with Gasteiger partial charge in [-0.1, -0.05) is 0 Å². The maximum Gasteiger partial charge on any atom is 0.222 e. The van der Waals surface area contributed by atoms with Crippen LogP contribution in [-0.2, 0) is 14.3 Å². The van der Waals surface area contributed by atoms with Crippen molar-refractivity contribution in [3.63, 3.8) is 0 Å². The molecule has 0 saturated heterocycles. The molecule has 0 aliphatic heterocycles. The number of hydrogen-bond donors (Lipinski definition) is 2. The van der Waals surface area contributed by atoms with E-state index >= 15 is 0 Å². The van der Waals surface area contributed by atoms with Gasteiger partial charge in [-0.25, -0.2) is 0 Å². The fraction of sp³-hybridized carbons (Fsp3) is 0.909. The molecule has 0 fully saturated rings. The van der Waals surface area contributed by atoms with Crippen molar-refractivity contribution in [2.45, 2.75) is 32.3 Å². The van der Waals surface area contributed by atoms with E-state index in [9.17, 15) is 9.90 Å². The van der Waals surface area contributed by atoms with Crippen LogP contribution in [0.25, 0.3) is 0 Å². The third kappa shape index (κ3) is 8.64. The smallest absolute Gasteiger partial charge is 0.222 e. The standard InChI is InChI=1S/C11H23NO4/c1-4-16-7-5-10(13)12-9-11(2,14)6-8-15-3/h14H,4-9H2,1-3H3,(H,12,13). The third-order valence-corrected chi connectivity index (χ3v) is 2.19. The van der Waals surface area contributed by atoms with Crippen LogP contribution in [0.3, 0.4) is 0 Å². The SMILES string of the molecule is CCOCCC(=O)NCC(C)(O)CCOC. The molecular weight excluding hydrogens is 210 g/mol. The molecule has 1 atom stereocenters. The zero-order chi connectivity index (χ0) is 12.4. The number of amides is 1. The predicted octanol–water partition coefficient (Wildman–Crippen LogP) is 0.317. The minimum atomic E-state index is -0.919. The van der Waals surface area contributed by atoms with Crippen LogP contribution in [0.1, 0.15) is 26.7 Å². The first kappa shape index (κ1) is 15.3. The van der Waals surface area contributed by atoms with Gasteiger partial charge in [0.15, 0.2) is 0 Å². The van der Waals surface area contributed by atoms with Crippen molar-refractivity contribution in [3.05, 3.63) is 0 Å². The summed E-state index contributed by atoms with van der Waals surface area (Å²) in [4.78, 5) is 11.3. The number of aliphatic hydroxyl groups is 1. The molecule has 0 heterocycles. The molecule has 0 aromatic heterocycles. The molecule has 0 aliphatic rings. The highest BCUT2D eigenvalue weighted by Gasteiger charge is 2.20. The topological polar surface area (TPSA) is 67.8 Å². The second kappa shape index (κ2) is 8.50. The average molecular weight is 233 g/mol. The van der Waals surface area contributed by atoms with Crippen LogP contribution in [0.5, 0.6) is 0 Å². The lowest BCUT2D eigenvalue weighted by Gasteiger charge is -2.23. The van der Waals surface area contributed by atoms with Gasteiger partial charge in [0, 0.05) is 39.7 Å². The van der Waals surface area contributed by atoms with Crippen molar-refractivity contribution in [2.24, 2.45) is 0 Å². The minimum absolute atomic E-state index is 0.105. The molecule has 5 heteroatoms. The number of ether oxygens (including phenoxy) is 2. The van der Waals surface area contributed by atoms with Crippen molar-refractivity contribution in [2.75, 3.05) is 33.5 Å². The van der Waals surface area contributed by atoms with E-state index in [0.29, 0.717) is 32.7 Å². The maximum absolute atomic E-state index is 11.3. The Balaban J connectivity index is 3.64. The third-order valence-electron chi connectivity index (χ3n) is 2.19. The fourth-order valence-corrected chi connectivity index (χ4v) is 1.10. The molecule has 1 unspecified atom stereocenters. The lowest BCUT2D eigenvalue weighted by atomic mass is 10.0. The number of nitrogens with one attached hydrogen (secondary N) is 1. The molecule has 5 nitrogen and oxygen atoms in total. The van der Waals surface area contributed by atoms with E-state index in [-0.39, 0.29) is 12.5 Å². The molecule has 0 radical (unpaired) electrons. The Morgan fingerprint density at radius 1 is 1.44 bits per heavy atom. The van der Waals surface area contributed by atoms with Crippen LogP contribution >= 0.6 is 0 Å². The molecule has 96 valence electrons. The van der Waals surface area contributed by atoms with Gasteiger partial charge in [-0.2, -0.15) is 0 Å². The molecule has 0 bridgehead atoms. The van der Waals surface area contributed by atoms with Crippen molar-refractivity contribution in [3.8, 4) is 0 Å². The normalized spacial score (nSPS) is 14.5. The molecule has 16 heavy (non-hydrogen) atoms. The van der Waals surface area contributed by atoms with E-state index in [0.717, 1.165) is 0 Å². The number of carbonyl (C=O) groups is 1. The van der Waals surface area contributed by atoms with E-state index in [4.69, 9.17) is 9.47 Å². The lowest BCUT2D eigenvalue weighted by Crippen LogP contribution is -2.41. The van der Waals surface area contributed by atoms with Gasteiger partial charge >= 0.3 is 0 Å². The van der Waals surface area contributed by atoms with Crippen LogP contribution in [0, 0.1) is 0 Å². The van der Waals surface area contributed by atoms with Gasteiger partial charge < -0.3 is 19.9 Å². The van der Waals surface area contributed by atoms with E-state index in [1.807, 2.05) is 6.92 Å². The van der Waals surface area contributed by atoms with Gasteiger partial charge in [-0.15, -0.1) is 0 Å². The summed E-state index contributed by atoms with van der Waals surface area (Å²) in [5.41, 5.74) is -0.919. The Morgan fingerprint density at radius 2 is 2.12 bits per heavy atom. The highest BCUT2D eigenvalue weighted by Crippen LogP contribution is 2.07. The summed E-state index contributed by atoms with van der Waals surface area (Å²) < 4.78 is 9.93. The zero-order valence-corrected chi connectivity index (χ0v) is 10.4. The first-order valence-electron chi connectivity index (χ1n) is 5.57. The second-order valence-corrected chi connectivity index (χ2v) is 3.96. The van der Waals surface area contributed by atoms with E-state index in [2.05, 4.69) is 5.32 Å². The first-order valence-corrected chi connectivity index (χ1v) is 5.57. The van der Waals surface area contributed by atoms with Crippen molar-refractivity contribution < 1.29 is 19.4 Å². The summed E-state index contributed by atoms with van der Waals surface area (Å²) in [6, 6.07) is 0. The van der Waals surface area contributed by atoms with Crippen LogP contribution in [0.2, 0.25) is 0 Å². The van der Waals surface area contributed by atoms with Gasteiger partial charge in [-0.3, -0.25) is 4.79 Å². The molecule has 0 aliphatic carbocycles. The Kier molecular flexibility index (Phi) is 8.15. The van der Waals surface area contributed by atoms with E-state index < -0.39 is 5.60 Å². The first-order chi connectivity index (χ1) is 7.52. The monoisotopic (exact) mass is 233 g/mol. The Labute approximate surface area is 97.1 Å². The summed E-state index contributed by atoms with van der Waals surface area (Å²) in [6.45, 7) is 5.30. The zero-order valence-electron chi connectivity index (χ0n) is 10.4. The molecule has 0 rings (SSSR count). The van der Waals surface area contributed by atoms with E-state index in [1.165, 1.54) is 0 Å². The fourth-order valence-electron chi connectivity index (χ4n) is 1.10. The second-order valence-electron chi connectivity index (χ2n) is 3.96. The summed E-state index contributed by atoms with van der Waals surface area (Å²) in [6.07, 6.45) is 0.823. The van der Waals surface area contributed by atoms with E-state index in [1.54, 1.807) is 14.0 Å². The maximum atomic E-state index is 11.3. The van der Waals surface area contributed by atoms with Crippen LogP contribution < -0.4 is 5.32 Å². The predicted molar refractivity (Wildman–Crippen MR) is 61.2 cm³/mol. The van der Waals surface area contributed by atoms with Crippen LogP contribution in [-0.4, -0.2) is 50.1 Å². The lowest BCUT2D eigenvalue weighted by molar-refractivity contribution is -0.123. The number of methoxy groups -OCH3 is 1. The van der Waals surface area contributed by atoms with Crippen molar-refractivity contribution in [1.82, 2.24) is 5.32 Å². The highest BCUT2D eigenvalue weighted by atomic mass is 16.5. The van der Waals surface area contributed by atoms with Crippen molar-refractivity contribution >= 4 is 5.91 Å². The number of hydrogen-bond acceptors (Lipinski definition) is 4. The minimum Gasteiger partial charge on any atom is -0.388 e. The Hall–Kier alpha value is -0.650. The molecule has 1 amide bonds. The van der Waals surface area contributed by atoms with Gasteiger partial charge in [0.05, 0.1) is 12.2 Å². The Morgan fingerprint density at radius 3 is 2.69 bits per heavy atom. The van der Waals surface area contributed by atoms with Gasteiger partial charge in [0.1, 0.15) is 0 Å². The van der Waals surface area contributed by atoms with Gasteiger partial charge in [-0.05, 0) is 13.8 Å². The van der Waals surface area contributed by atoms with Crippen LogP contribution in [0.15, 0.2) is 0 Å². The van der Waals surface area contributed by atoms with Gasteiger partial charge in [0.25, 0.3) is 0 Å². The van der Waals surface area contributed by atoms with Crippen molar-refractivity contribution in [1.29, 1.82) is 0 Å². The molecule has 0 aromatic carbocycles. The largest absolute Gasteiger partial charge is 0.388 e. The highest BCUT2D eigenvalue weighted by molar-refractivity contribution is 5.76.